The zero-order valence-corrected chi connectivity index (χ0v) is 12.6. The highest BCUT2D eigenvalue weighted by atomic mass is 35.5. The van der Waals surface area contributed by atoms with Crippen molar-refractivity contribution in [2.45, 2.75) is 4.90 Å². The van der Waals surface area contributed by atoms with Gasteiger partial charge in [-0.2, -0.15) is 0 Å². The molecular weight excluding hydrogens is 316 g/mol. The van der Waals surface area contributed by atoms with Crippen LogP contribution in [0, 0.1) is 0 Å². The molecule has 0 bridgehead atoms. The van der Waals surface area contributed by atoms with E-state index in [9.17, 15) is 13.2 Å². The van der Waals surface area contributed by atoms with E-state index in [0.717, 1.165) is 0 Å². The Kier molecular flexibility index (Phi) is 4.21. The number of hydrogen-bond donors (Lipinski definition) is 3. The second kappa shape index (κ2) is 5.76. The molecule has 0 saturated carbocycles. The van der Waals surface area contributed by atoms with Crippen LogP contribution in [-0.2, 0) is 17.1 Å². The SMILES string of the molecule is Cn1cc(S(=O)(=O)Nc2cccc(Cl)c2)cc1C(=O)NN. The molecule has 1 aromatic carbocycles. The topological polar surface area (TPSA) is 106 Å². The summed E-state index contributed by atoms with van der Waals surface area (Å²) in [5, 5.41) is 0.409. The molecule has 0 aliphatic carbocycles. The fraction of sp³-hybridized carbons (Fsp3) is 0.0833. The van der Waals surface area contributed by atoms with Crippen molar-refractivity contribution >= 4 is 33.2 Å². The van der Waals surface area contributed by atoms with Crippen LogP contribution in [0.15, 0.2) is 41.4 Å². The molecule has 0 aliphatic heterocycles. The Morgan fingerprint density at radius 2 is 2.05 bits per heavy atom. The third-order valence-corrected chi connectivity index (χ3v) is 4.31. The predicted molar refractivity (Wildman–Crippen MR) is 79.3 cm³/mol. The maximum Gasteiger partial charge on any atom is 0.281 e. The molecule has 0 radical (unpaired) electrons. The fourth-order valence-corrected chi connectivity index (χ4v) is 3.06. The molecule has 0 spiro atoms. The molecule has 1 amide bonds. The number of rotatable bonds is 4. The lowest BCUT2D eigenvalue weighted by molar-refractivity contribution is 0.0945. The number of hydrogen-bond acceptors (Lipinski definition) is 4. The highest BCUT2D eigenvalue weighted by Crippen LogP contribution is 2.20. The van der Waals surface area contributed by atoms with E-state index < -0.39 is 15.9 Å². The van der Waals surface area contributed by atoms with Gasteiger partial charge in [-0.3, -0.25) is 14.9 Å². The Morgan fingerprint density at radius 1 is 1.33 bits per heavy atom. The normalized spacial score (nSPS) is 11.2. The average molecular weight is 329 g/mol. The molecule has 1 heterocycles. The standard InChI is InChI=1S/C12H13ClN4O3S/c1-17-7-10(6-11(17)12(18)15-14)21(19,20)16-9-4-2-3-8(13)5-9/h2-7,16H,14H2,1H3,(H,15,18). The summed E-state index contributed by atoms with van der Waals surface area (Å²) in [6.45, 7) is 0. The van der Waals surface area contributed by atoms with Gasteiger partial charge < -0.3 is 4.57 Å². The first-order valence-electron chi connectivity index (χ1n) is 5.79. The molecule has 21 heavy (non-hydrogen) atoms. The highest BCUT2D eigenvalue weighted by Gasteiger charge is 2.20. The van der Waals surface area contributed by atoms with E-state index in [0.29, 0.717) is 10.7 Å². The summed E-state index contributed by atoms with van der Waals surface area (Å²) < 4.78 is 28.3. The molecule has 0 atom stereocenters. The first kappa shape index (κ1) is 15.4. The van der Waals surface area contributed by atoms with Gasteiger partial charge in [0.1, 0.15) is 10.6 Å². The number of nitrogen functional groups attached to an aromatic ring is 1. The second-order valence-electron chi connectivity index (χ2n) is 4.26. The van der Waals surface area contributed by atoms with E-state index >= 15 is 0 Å². The lowest BCUT2D eigenvalue weighted by atomic mass is 10.3. The van der Waals surface area contributed by atoms with Crippen molar-refractivity contribution < 1.29 is 13.2 Å². The number of nitrogens with two attached hydrogens (primary N) is 1. The van der Waals surface area contributed by atoms with Crippen molar-refractivity contribution in [1.29, 1.82) is 0 Å². The van der Waals surface area contributed by atoms with E-state index in [4.69, 9.17) is 17.4 Å². The van der Waals surface area contributed by atoms with Crippen molar-refractivity contribution in [2.75, 3.05) is 4.72 Å². The number of aryl methyl sites for hydroxylation is 1. The van der Waals surface area contributed by atoms with Crippen molar-refractivity contribution in [3.05, 3.63) is 47.2 Å². The van der Waals surface area contributed by atoms with Crippen LogP contribution in [0.5, 0.6) is 0 Å². The van der Waals surface area contributed by atoms with E-state index in [1.165, 1.54) is 22.9 Å². The van der Waals surface area contributed by atoms with Crippen molar-refractivity contribution in [2.24, 2.45) is 12.9 Å². The van der Waals surface area contributed by atoms with Gasteiger partial charge in [-0.05, 0) is 24.3 Å². The van der Waals surface area contributed by atoms with Crippen LogP contribution in [0.1, 0.15) is 10.5 Å². The van der Waals surface area contributed by atoms with Gasteiger partial charge in [0.05, 0.1) is 5.69 Å². The van der Waals surface area contributed by atoms with E-state index in [-0.39, 0.29) is 10.6 Å². The minimum Gasteiger partial charge on any atom is -0.345 e. The molecule has 4 N–H and O–H groups in total. The van der Waals surface area contributed by atoms with Gasteiger partial charge in [0.25, 0.3) is 15.9 Å². The first-order valence-corrected chi connectivity index (χ1v) is 7.65. The average Bonchev–Trinajstić information content (AvgIpc) is 2.80. The smallest absolute Gasteiger partial charge is 0.281 e. The molecule has 7 nitrogen and oxygen atoms in total. The number of hydrazine groups is 1. The number of anilines is 1. The maximum absolute atomic E-state index is 12.3. The Balaban J connectivity index is 2.34. The number of carbonyl (C=O) groups is 1. The lowest BCUT2D eigenvalue weighted by Crippen LogP contribution is -2.31. The molecule has 0 aliphatic rings. The second-order valence-corrected chi connectivity index (χ2v) is 6.38. The molecule has 2 aromatic rings. The van der Waals surface area contributed by atoms with Gasteiger partial charge in [0, 0.05) is 18.3 Å². The summed E-state index contributed by atoms with van der Waals surface area (Å²) in [6, 6.07) is 7.54. The summed E-state index contributed by atoms with van der Waals surface area (Å²) >= 11 is 5.80. The van der Waals surface area contributed by atoms with E-state index in [2.05, 4.69) is 4.72 Å². The highest BCUT2D eigenvalue weighted by molar-refractivity contribution is 7.92. The molecular formula is C12H13ClN4O3S. The van der Waals surface area contributed by atoms with Crippen molar-refractivity contribution in [1.82, 2.24) is 9.99 Å². The molecule has 0 unspecified atom stereocenters. The summed E-state index contributed by atoms with van der Waals surface area (Å²) in [7, 11) is -2.28. The molecule has 9 heteroatoms. The number of nitrogens with one attached hydrogen (secondary N) is 2. The predicted octanol–water partition coefficient (Wildman–Crippen LogP) is 1.08. The number of aromatic nitrogens is 1. The number of benzene rings is 1. The van der Waals surface area contributed by atoms with Gasteiger partial charge in [0.15, 0.2) is 0 Å². The third kappa shape index (κ3) is 3.35. The fourth-order valence-electron chi connectivity index (χ4n) is 1.75. The zero-order chi connectivity index (χ0) is 15.6. The van der Waals surface area contributed by atoms with Crippen LogP contribution in [0.2, 0.25) is 5.02 Å². The largest absolute Gasteiger partial charge is 0.345 e. The number of nitrogens with zero attached hydrogens (tertiary/aromatic N) is 1. The van der Waals surface area contributed by atoms with Gasteiger partial charge in [-0.25, -0.2) is 14.3 Å². The van der Waals surface area contributed by atoms with Crippen molar-refractivity contribution in [3.8, 4) is 0 Å². The molecule has 112 valence electrons. The molecule has 0 fully saturated rings. The minimum atomic E-state index is -3.82. The number of carbonyl (C=O) groups excluding carboxylic acids is 1. The minimum absolute atomic E-state index is 0.0522. The maximum atomic E-state index is 12.3. The van der Waals surface area contributed by atoms with Gasteiger partial charge in [-0.15, -0.1) is 0 Å². The van der Waals surface area contributed by atoms with Gasteiger partial charge >= 0.3 is 0 Å². The summed E-state index contributed by atoms with van der Waals surface area (Å²) in [6.07, 6.45) is 1.32. The Labute approximate surface area is 126 Å². The number of amides is 1. The van der Waals surface area contributed by atoms with Crippen molar-refractivity contribution in [3.63, 3.8) is 0 Å². The zero-order valence-electron chi connectivity index (χ0n) is 11.0. The van der Waals surface area contributed by atoms with Crippen LogP contribution in [0.4, 0.5) is 5.69 Å². The van der Waals surface area contributed by atoms with Gasteiger partial charge in [-0.1, -0.05) is 17.7 Å². The van der Waals surface area contributed by atoms with E-state index in [1.807, 2.05) is 5.43 Å². The quantitative estimate of drug-likeness (QED) is 0.443. The number of halogens is 1. The van der Waals surface area contributed by atoms with Crippen LogP contribution in [0.25, 0.3) is 0 Å². The molecule has 1 aromatic heterocycles. The lowest BCUT2D eigenvalue weighted by Gasteiger charge is -2.06. The first-order chi connectivity index (χ1) is 9.83. The molecule has 0 saturated heterocycles. The number of sulfonamides is 1. The van der Waals surface area contributed by atoms with Crippen LogP contribution >= 0.6 is 11.6 Å². The summed E-state index contributed by atoms with van der Waals surface area (Å²) in [5.41, 5.74) is 2.41. The Bertz CT molecular complexity index is 786. The summed E-state index contributed by atoms with van der Waals surface area (Å²) in [5.74, 6) is 4.46. The van der Waals surface area contributed by atoms with Crippen LogP contribution in [-0.4, -0.2) is 18.9 Å². The van der Waals surface area contributed by atoms with E-state index in [1.54, 1.807) is 25.2 Å². The van der Waals surface area contributed by atoms with Crippen LogP contribution in [0.3, 0.4) is 0 Å². The van der Waals surface area contributed by atoms with Crippen LogP contribution < -0.4 is 16.0 Å². The monoisotopic (exact) mass is 328 g/mol. The Hall–Kier alpha value is -2.03. The molecule has 2 rings (SSSR count). The van der Waals surface area contributed by atoms with Gasteiger partial charge in [0.2, 0.25) is 0 Å². The summed E-state index contributed by atoms with van der Waals surface area (Å²) in [4.78, 5) is 11.4. The third-order valence-electron chi connectivity index (χ3n) is 2.73. The Morgan fingerprint density at radius 3 is 2.67 bits per heavy atom.